The Balaban J connectivity index is 0.000000452. The highest BCUT2D eigenvalue weighted by molar-refractivity contribution is 5.14. The summed E-state index contributed by atoms with van der Waals surface area (Å²) in [5.74, 6) is 1.04. The number of nitriles is 1. The molecule has 0 atom stereocenters. The zero-order valence-corrected chi connectivity index (χ0v) is 12.5. The van der Waals surface area contributed by atoms with Gasteiger partial charge in [-0.1, -0.05) is 30.3 Å². The summed E-state index contributed by atoms with van der Waals surface area (Å²) in [5.41, 5.74) is 1.45. The van der Waals surface area contributed by atoms with Crippen LogP contribution >= 0.6 is 0 Å². The van der Waals surface area contributed by atoms with Crippen molar-refractivity contribution in [2.24, 2.45) is 5.92 Å². The van der Waals surface area contributed by atoms with Gasteiger partial charge in [0.1, 0.15) is 0 Å². The first-order valence-corrected chi connectivity index (χ1v) is 7.61. The Kier molecular flexibility index (Phi) is 6.04. The van der Waals surface area contributed by atoms with Crippen LogP contribution in [0.15, 0.2) is 30.3 Å². The Bertz CT molecular complexity index is 412. The molecule has 0 amide bonds. The summed E-state index contributed by atoms with van der Waals surface area (Å²) >= 11 is 0. The van der Waals surface area contributed by atoms with Gasteiger partial charge in [0.2, 0.25) is 0 Å². The Labute approximate surface area is 122 Å². The molecule has 2 aliphatic rings. The van der Waals surface area contributed by atoms with Crippen molar-refractivity contribution < 1.29 is 0 Å². The van der Waals surface area contributed by atoms with Gasteiger partial charge < -0.3 is 4.90 Å². The summed E-state index contributed by atoms with van der Waals surface area (Å²) in [6.45, 7) is 8.92. The maximum atomic E-state index is 7.32. The number of benzene rings is 1. The fourth-order valence-electron chi connectivity index (χ4n) is 2.64. The number of hydrogen-bond donors (Lipinski definition) is 0. The topological polar surface area (TPSA) is 30.3 Å². The van der Waals surface area contributed by atoms with Crippen LogP contribution < -0.4 is 0 Å². The molecule has 108 valence electrons. The van der Waals surface area contributed by atoms with Crippen molar-refractivity contribution in [1.82, 2.24) is 9.80 Å². The highest BCUT2D eigenvalue weighted by Crippen LogP contribution is 2.29. The summed E-state index contributed by atoms with van der Waals surface area (Å²) in [6, 6.07) is 12.6. The van der Waals surface area contributed by atoms with Crippen LogP contribution in [0.4, 0.5) is 0 Å². The van der Waals surface area contributed by atoms with Crippen molar-refractivity contribution >= 4 is 0 Å². The molecule has 1 aromatic rings. The maximum absolute atomic E-state index is 7.32. The number of piperazine rings is 1. The molecule has 3 heteroatoms. The van der Waals surface area contributed by atoms with Crippen LogP contribution in [0.2, 0.25) is 0 Å². The molecular formula is C17H25N3. The van der Waals surface area contributed by atoms with E-state index in [1.165, 1.54) is 58.1 Å². The maximum Gasteiger partial charge on any atom is 0.0587 e. The molecular weight excluding hydrogens is 246 g/mol. The van der Waals surface area contributed by atoms with E-state index in [0.29, 0.717) is 0 Å². The molecule has 0 radical (unpaired) electrons. The van der Waals surface area contributed by atoms with Gasteiger partial charge in [0, 0.05) is 46.2 Å². The van der Waals surface area contributed by atoms with E-state index in [2.05, 4.69) is 40.1 Å². The summed E-state index contributed by atoms with van der Waals surface area (Å²) in [5, 5.41) is 7.32. The SMILES string of the molecule is CC#N.c1ccc(CN2CCN(CC3CC3)CC2)cc1. The molecule has 0 N–H and O–H groups in total. The van der Waals surface area contributed by atoms with Gasteiger partial charge in [-0.2, -0.15) is 5.26 Å². The van der Waals surface area contributed by atoms with Crippen molar-refractivity contribution in [3.8, 4) is 6.07 Å². The minimum atomic E-state index is 1.04. The molecule has 20 heavy (non-hydrogen) atoms. The molecule has 1 heterocycles. The minimum Gasteiger partial charge on any atom is -0.301 e. The Morgan fingerprint density at radius 2 is 1.60 bits per heavy atom. The molecule has 0 aromatic heterocycles. The third-order valence-electron chi connectivity index (χ3n) is 3.93. The van der Waals surface area contributed by atoms with E-state index in [0.717, 1.165) is 12.5 Å². The predicted octanol–water partition coefficient (Wildman–Crippen LogP) is 2.74. The van der Waals surface area contributed by atoms with Crippen LogP contribution in [0.5, 0.6) is 0 Å². The standard InChI is InChI=1S/C15H22N2.C2H3N/c1-2-4-14(5-3-1)12-16-8-10-17(11-9-16)13-15-6-7-15;1-2-3/h1-5,15H,6-13H2;1H3. The van der Waals surface area contributed by atoms with Gasteiger partial charge in [-0.15, -0.1) is 0 Å². The second kappa shape index (κ2) is 8.04. The number of hydrogen-bond acceptors (Lipinski definition) is 3. The van der Waals surface area contributed by atoms with Crippen LogP contribution in [-0.2, 0) is 6.54 Å². The van der Waals surface area contributed by atoms with E-state index >= 15 is 0 Å². The first-order chi connectivity index (χ1) is 9.81. The van der Waals surface area contributed by atoms with E-state index in [1.54, 1.807) is 6.07 Å². The normalized spacial score (nSPS) is 19.8. The lowest BCUT2D eigenvalue weighted by Crippen LogP contribution is -2.46. The quantitative estimate of drug-likeness (QED) is 0.843. The van der Waals surface area contributed by atoms with Gasteiger partial charge in [0.15, 0.2) is 0 Å². The predicted molar refractivity (Wildman–Crippen MR) is 82.2 cm³/mol. The molecule has 1 aliphatic heterocycles. The molecule has 1 aromatic carbocycles. The van der Waals surface area contributed by atoms with Crippen molar-refractivity contribution in [3.63, 3.8) is 0 Å². The monoisotopic (exact) mass is 271 g/mol. The molecule has 3 rings (SSSR count). The van der Waals surface area contributed by atoms with Gasteiger partial charge in [-0.25, -0.2) is 0 Å². The fraction of sp³-hybridized carbons (Fsp3) is 0.588. The zero-order valence-electron chi connectivity index (χ0n) is 12.5. The van der Waals surface area contributed by atoms with Gasteiger partial charge in [-0.3, -0.25) is 4.90 Å². The summed E-state index contributed by atoms with van der Waals surface area (Å²) in [6.07, 6.45) is 2.95. The molecule has 0 spiro atoms. The van der Waals surface area contributed by atoms with Crippen LogP contribution in [-0.4, -0.2) is 42.5 Å². The summed E-state index contributed by atoms with van der Waals surface area (Å²) in [4.78, 5) is 5.23. The second-order valence-electron chi connectivity index (χ2n) is 5.73. The highest BCUT2D eigenvalue weighted by Gasteiger charge is 2.26. The largest absolute Gasteiger partial charge is 0.301 e. The van der Waals surface area contributed by atoms with Crippen molar-refractivity contribution in [1.29, 1.82) is 5.26 Å². The lowest BCUT2D eigenvalue weighted by molar-refractivity contribution is 0.123. The molecule has 0 bridgehead atoms. The van der Waals surface area contributed by atoms with Crippen LogP contribution in [0.3, 0.4) is 0 Å². The van der Waals surface area contributed by atoms with Crippen molar-refractivity contribution in [2.75, 3.05) is 32.7 Å². The van der Waals surface area contributed by atoms with Crippen molar-refractivity contribution in [3.05, 3.63) is 35.9 Å². The van der Waals surface area contributed by atoms with E-state index in [9.17, 15) is 0 Å². The second-order valence-corrected chi connectivity index (χ2v) is 5.73. The van der Waals surface area contributed by atoms with Crippen LogP contribution in [0.25, 0.3) is 0 Å². The molecule has 0 unspecified atom stereocenters. The van der Waals surface area contributed by atoms with Gasteiger partial charge in [0.25, 0.3) is 0 Å². The zero-order chi connectivity index (χ0) is 14.2. The number of rotatable bonds is 4. The lowest BCUT2D eigenvalue weighted by Gasteiger charge is -2.34. The number of nitrogens with zero attached hydrogens (tertiary/aromatic N) is 3. The molecule has 1 saturated heterocycles. The highest BCUT2D eigenvalue weighted by atomic mass is 15.3. The van der Waals surface area contributed by atoms with E-state index < -0.39 is 0 Å². The molecule has 3 nitrogen and oxygen atoms in total. The third kappa shape index (κ3) is 5.32. The first kappa shape index (κ1) is 15.0. The first-order valence-electron chi connectivity index (χ1n) is 7.61. The Morgan fingerprint density at radius 3 is 2.15 bits per heavy atom. The average molecular weight is 271 g/mol. The smallest absolute Gasteiger partial charge is 0.0587 e. The van der Waals surface area contributed by atoms with E-state index in [4.69, 9.17) is 5.26 Å². The van der Waals surface area contributed by atoms with E-state index in [1.807, 2.05) is 0 Å². The Morgan fingerprint density at radius 1 is 1.05 bits per heavy atom. The van der Waals surface area contributed by atoms with Gasteiger partial charge in [0.05, 0.1) is 6.07 Å². The van der Waals surface area contributed by atoms with Gasteiger partial charge >= 0.3 is 0 Å². The molecule has 1 aliphatic carbocycles. The average Bonchev–Trinajstić information content (AvgIpc) is 3.27. The summed E-state index contributed by atoms with van der Waals surface area (Å²) in [7, 11) is 0. The molecule has 2 fully saturated rings. The van der Waals surface area contributed by atoms with Crippen molar-refractivity contribution in [2.45, 2.75) is 26.3 Å². The van der Waals surface area contributed by atoms with E-state index in [-0.39, 0.29) is 0 Å². The lowest BCUT2D eigenvalue weighted by atomic mass is 10.2. The third-order valence-corrected chi connectivity index (χ3v) is 3.93. The van der Waals surface area contributed by atoms with Crippen LogP contribution in [0, 0.1) is 17.2 Å². The van der Waals surface area contributed by atoms with Gasteiger partial charge in [-0.05, 0) is 24.3 Å². The van der Waals surface area contributed by atoms with Crippen LogP contribution in [0.1, 0.15) is 25.3 Å². The Hall–Kier alpha value is -1.37. The summed E-state index contributed by atoms with van der Waals surface area (Å²) < 4.78 is 0. The molecule has 1 saturated carbocycles. The minimum absolute atomic E-state index is 1.04. The fourth-order valence-corrected chi connectivity index (χ4v) is 2.64.